The molecule has 15 nitrogen and oxygen atoms in total. The molecule has 0 radical (unpaired) electrons. The van der Waals surface area contributed by atoms with Gasteiger partial charge in [0.2, 0.25) is 17.7 Å². The number of carboxylic acids is 1. The summed E-state index contributed by atoms with van der Waals surface area (Å²) in [6, 6.07) is 6.37. The van der Waals surface area contributed by atoms with E-state index in [9.17, 15) is 39.0 Å². The Morgan fingerprint density at radius 3 is 0.948 bits per heavy atom. The molecule has 97 heavy (non-hydrogen) atoms. The predicted octanol–water partition coefficient (Wildman–Crippen LogP) is 19.1. The second-order valence-electron chi connectivity index (χ2n) is 30.0. The van der Waals surface area contributed by atoms with Gasteiger partial charge < -0.3 is 43.9 Å². The van der Waals surface area contributed by atoms with E-state index in [-0.39, 0.29) is 83.9 Å². The number of aliphatic hydroxyl groups is 1. The average Bonchev–Trinajstić information content (AvgIpc) is 1.71. The van der Waals surface area contributed by atoms with Crippen LogP contribution in [0.25, 0.3) is 16.7 Å². The molecule has 12 rings (SSSR count). The molecule has 2 N–H and O–H groups in total. The van der Waals surface area contributed by atoms with Crippen LogP contribution in [0.4, 0.5) is 17.1 Å². The Morgan fingerprint density at radius 2 is 0.680 bits per heavy atom. The maximum absolute atomic E-state index is 14.0. The van der Waals surface area contributed by atoms with E-state index >= 15 is 0 Å². The van der Waals surface area contributed by atoms with Crippen LogP contribution in [0.3, 0.4) is 0 Å². The number of aliphatic hydroxyl groups excluding tert-OH is 1. The van der Waals surface area contributed by atoms with Crippen molar-refractivity contribution in [3.05, 3.63) is 65.7 Å². The molecule has 0 spiro atoms. The Morgan fingerprint density at radius 1 is 0.392 bits per heavy atom. The number of nitrogens with zero attached hydrogens (tertiary/aromatic N) is 3. The van der Waals surface area contributed by atoms with Crippen molar-refractivity contribution in [1.82, 2.24) is 0 Å². The monoisotopic (exact) mass is 1390 g/mol. The Hall–Kier alpha value is -4.98. The highest BCUT2D eigenvalue weighted by Gasteiger charge is 2.42. The molecule has 0 unspecified atom stereocenters. The zero-order valence-electron chi connectivity index (χ0n) is 59.4. The van der Waals surface area contributed by atoms with E-state index in [0.29, 0.717) is 50.9 Å². The van der Waals surface area contributed by atoms with Crippen molar-refractivity contribution in [1.29, 1.82) is 0 Å². The van der Waals surface area contributed by atoms with Gasteiger partial charge in [0.1, 0.15) is 14.6 Å². The molecule has 534 valence electrons. The van der Waals surface area contributed by atoms with Gasteiger partial charge >= 0.3 is 17.9 Å². The van der Waals surface area contributed by atoms with E-state index in [0.717, 1.165) is 219 Å². The molecule has 3 aromatic heterocycles. The van der Waals surface area contributed by atoms with E-state index in [1.165, 1.54) is 90.6 Å². The van der Waals surface area contributed by atoms with Crippen LogP contribution in [0.5, 0.6) is 0 Å². The lowest BCUT2D eigenvalue weighted by Crippen LogP contribution is -2.47. The Balaban J connectivity index is 0.000000158. The van der Waals surface area contributed by atoms with Gasteiger partial charge in [-0.15, -0.1) is 34.0 Å². The van der Waals surface area contributed by atoms with Crippen molar-refractivity contribution >= 4 is 103 Å². The van der Waals surface area contributed by atoms with Crippen molar-refractivity contribution in [2.45, 2.75) is 288 Å². The summed E-state index contributed by atoms with van der Waals surface area (Å²) in [6.07, 6.45) is 42.7. The highest BCUT2D eigenvalue weighted by Crippen LogP contribution is 2.47. The molecule has 6 saturated carbocycles. The number of anilines is 3. The van der Waals surface area contributed by atoms with Crippen molar-refractivity contribution in [3.8, 4) is 0 Å². The van der Waals surface area contributed by atoms with Crippen molar-refractivity contribution in [2.24, 2.45) is 35.5 Å². The van der Waals surface area contributed by atoms with Crippen LogP contribution in [-0.2, 0) is 33.3 Å². The zero-order valence-corrected chi connectivity index (χ0v) is 61.8. The van der Waals surface area contributed by atoms with Crippen LogP contribution in [0, 0.1) is 35.5 Å². The molecule has 0 saturated heterocycles. The van der Waals surface area contributed by atoms with Crippen LogP contribution in [-0.4, -0.2) is 111 Å². The molecule has 9 aliphatic rings. The number of esters is 2. The van der Waals surface area contributed by atoms with Gasteiger partial charge in [0.05, 0.1) is 49.6 Å². The quantitative estimate of drug-likeness (QED) is 0.122. The topological polar surface area (TPSA) is 190 Å². The molecule has 3 aromatic rings. The summed E-state index contributed by atoms with van der Waals surface area (Å²) in [5, 5.41) is 20.1. The van der Waals surface area contributed by atoms with Crippen LogP contribution < -0.4 is 14.7 Å². The molecule has 0 aliphatic heterocycles. The predicted molar refractivity (Wildman–Crippen MR) is 392 cm³/mol. The number of allylic oxidation sites excluding steroid dienone is 6. The van der Waals surface area contributed by atoms with Gasteiger partial charge in [-0.1, -0.05) is 39.0 Å². The standard InChI is InChI=1S/C27H39NO4S.2C26H37NO4S/c1-18-9-11-20(12-10-18)26(29)28(21-13-15-22(31-2)16-14-21)23-17-24(19-7-5-4-6-8-19)33-25(23)27(30)32-3;1-17-8-10-19(11-9-17)25(28)27(20-12-14-21(31-2)15-13-20)22-16-23(32-24(22)26(29)30)18-6-4-3-5-7-18;1-17-8-10-19(11-9-17)25(29)27(20-12-14-21(28)15-13-20)22-16-23(18-6-4-3-5-7-18)32-24(22)26(30)31-2/h7,17-18,20-22H,4-6,8-16H2,1-3H3;6,16-17,19-21H,3-5,7-15H2,1-2H3,(H,29,30);6,16-17,19-21,28H,3-5,7-15H2,1-2H3. The van der Waals surface area contributed by atoms with E-state index in [1.807, 2.05) is 20.8 Å². The van der Waals surface area contributed by atoms with Gasteiger partial charge in [-0.2, -0.15) is 0 Å². The normalized spacial score (nSPS) is 28.5. The zero-order chi connectivity index (χ0) is 68.7. The highest BCUT2D eigenvalue weighted by molar-refractivity contribution is 7.16. The largest absolute Gasteiger partial charge is 0.477 e. The lowest BCUT2D eigenvalue weighted by atomic mass is 9.81. The van der Waals surface area contributed by atoms with E-state index in [2.05, 4.69) is 51.1 Å². The third-order valence-corrected chi connectivity index (χ3v) is 26.7. The number of carbonyl (C=O) groups is 6. The van der Waals surface area contributed by atoms with Crippen LogP contribution in [0.2, 0.25) is 0 Å². The molecule has 3 amide bonds. The molecule has 18 heteroatoms. The van der Waals surface area contributed by atoms with Crippen LogP contribution in [0.15, 0.2) is 36.4 Å². The lowest BCUT2D eigenvalue weighted by Gasteiger charge is -2.39. The molecule has 0 atom stereocenters. The Bertz CT molecular complexity index is 3220. The average molecular weight is 1390 g/mol. The molecule has 6 fully saturated rings. The van der Waals surface area contributed by atoms with Gasteiger partial charge in [-0.05, 0) is 284 Å². The van der Waals surface area contributed by atoms with Crippen LogP contribution in [0.1, 0.15) is 296 Å². The molecule has 0 bridgehead atoms. The van der Waals surface area contributed by atoms with Gasteiger partial charge in [0.15, 0.2) is 0 Å². The first-order valence-electron chi connectivity index (χ1n) is 37.6. The summed E-state index contributed by atoms with van der Waals surface area (Å²) in [5.74, 6) is 0.985. The minimum Gasteiger partial charge on any atom is -0.477 e. The SMILES string of the molecule is COC(=O)c1sc(C2=CCCCC2)cc1N(C(=O)C1CCC(C)CC1)C1CCC(O)CC1.COC(=O)c1sc(C2=CCCCC2)cc1N(C(=O)C1CCC(C)CC1)C1CCC(OC)CC1.COC1CCC(N(C(=O)C2CCC(C)CC2)c2cc(C3=CCCCC3)sc2C(=O)O)CC1. The highest BCUT2D eigenvalue weighted by atomic mass is 32.1. The number of hydrogen-bond donors (Lipinski definition) is 2. The number of carbonyl (C=O) groups excluding carboxylic acids is 5. The fourth-order valence-corrected chi connectivity index (χ4v) is 20.3. The van der Waals surface area contributed by atoms with E-state index < -0.39 is 5.97 Å². The second-order valence-corrected chi connectivity index (χ2v) is 33.1. The maximum atomic E-state index is 14.0. The van der Waals surface area contributed by atoms with Crippen molar-refractivity contribution in [3.63, 3.8) is 0 Å². The van der Waals surface area contributed by atoms with Gasteiger partial charge in [-0.3, -0.25) is 14.4 Å². The van der Waals surface area contributed by atoms with Crippen LogP contribution >= 0.6 is 34.0 Å². The fourth-order valence-electron chi connectivity index (χ4n) is 17.0. The molecular weight excluding hydrogens is 1280 g/mol. The number of amides is 3. The number of thiophene rings is 3. The first kappa shape index (κ1) is 74.7. The molecule has 0 aromatic carbocycles. The molecule has 9 aliphatic carbocycles. The number of carboxylic acid groups (broad SMARTS) is 1. The first-order chi connectivity index (χ1) is 47.0. The third-order valence-electron chi connectivity index (χ3n) is 23.2. The van der Waals surface area contributed by atoms with E-state index in [4.69, 9.17) is 18.9 Å². The third kappa shape index (κ3) is 19.0. The maximum Gasteiger partial charge on any atom is 0.350 e. The first-order valence-corrected chi connectivity index (χ1v) is 40.0. The summed E-state index contributed by atoms with van der Waals surface area (Å²) < 4.78 is 21.5. The Labute approximate surface area is 590 Å². The summed E-state index contributed by atoms with van der Waals surface area (Å²) in [4.78, 5) is 90.4. The number of methoxy groups -OCH3 is 4. The van der Waals surface area contributed by atoms with Crippen molar-refractivity contribution < 1.29 is 57.9 Å². The fraction of sp³-hybridized carbons (Fsp3) is 0.696. The summed E-state index contributed by atoms with van der Waals surface area (Å²) in [5.41, 5.74) is 5.98. The lowest BCUT2D eigenvalue weighted by molar-refractivity contribution is -0.125. The minimum atomic E-state index is -0.923. The minimum absolute atomic E-state index is 0.00485. The Kier molecular flexibility index (Phi) is 27.8. The van der Waals surface area contributed by atoms with Gasteiger partial charge in [0.25, 0.3) is 0 Å². The van der Waals surface area contributed by atoms with Gasteiger partial charge in [0, 0.05) is 64.7 Å². The van der Waals surface area contributed by atoms with Gasteiger partial charge in [-0.25, -0.2) is 14.4 Å². The number of ether oxygens (including phenoxy) is 4. The number of aromatic carboxylic acids is 1. The molecular formula is C79H113N3O12S3. The smallest absolute Gasteiger partial charge is 0.350 e. The molecule has 3 heterocycles. The summed E-state index contributed by atoms with van der Waals surface area (Å²) >= 11 is 4.32. The number of hydrogen-bond acceptors (Lipinski definition) is 14. The summed E-state index contributed by atoms with van der Waals surface area (Å²) in [7, 11) is 6.37. The summed E-state index contributed by atoms with van der Waals surface area (Å²) in [6.45, 7) is 6.80. The number of rotatable bonds is 17. The van der Waals surface area contributed by atoms with Crippen molar-refractivity contribution in [2.75, 3.05) is 43.1 Å². The van der Waals surface area contributed by atoms with E-state index in [1.54, 1.807) is 14.2 Å². The second kappa shape index (κ2) is 36.1.